The normalized spacial score (nSPS) is 11.7. The largest absolute Gasteiger partial charge is 0.497 e. The minimum Gasteiger partial charge on any atom is -0.497 e. The first-order valence-corrected chi connectivity index (χ1v) is 16.0. The molecular formula is C38H32ClN3O4S. The second-order valence-corrected chi connectivity index (χ2v) is 12.0. The van der Waals surface area contributed by atoms with Gasteiger partial charge in [-0.2, -0.15) is 0 Å². The summed E-state index contributed by atoms with van der Waals surface area (Å²) in [4.78, 5) is 40.9. The van der Waals surface area contributed by atoms with Gasteiger partial charge in [-0.25, -0.2) is 0 Å². The van der Waals surface area contributed by atoms with Crippen molar-refractivity contribution in [2.75, 3.05) is 17.7 Å². The number of rotatable bonds is 11. The van der Waals surface area contributed by atoms with Gasteiger partial charge in [-0.3, -0.25) is 14.4 Å². The number of halogens is 1. The Morgan fingerprint density at radius 3 is 2.17 bits per heavy atom. The molecule has 0 aliphatic heterocycles. The van der Waals surface area contributed by atoms with Crippen LogP contribution >= 0.6 is 23.4 Å². The Morgan fingerprint density at radius 1 is 0.787 bits per heavy atom. The molecule has 5 aromatic rings. The predicted octanol–water partition coefficient (Wildman–Crippen LogP) is 8.54. The maximum absolute atomic E-state index is 13.6. The quantitative estimate of drug-likeness (QED) is 0.0974. The van der Waals surface area contributed by atoms with E-state index in [-0.39, 0.29) is 11.6 Å². The van der Waals surface area contributed by atoms with Crippen LogP contribution in [0.5, 0.6) is 5.75 Å². The molecule has 47 heavy (non-hydrogen) atoms. The number of hydrogen-bond donors (Lipinski definition) is 3. The molecule has 236 valence electrons. The maximum atomic E-state index is 13.6. The molecule has 3 N–H and O–H groups in total. The van der Waals surface area contributed by atoms with Gasteiger partial charge in [0.25, 0.3) is 11.8 Å². The predicted molar refractivity (Wildman–Crippen MR) is 190 cm³/mol. The molecule has 7 nitrogen and oxygen atoms in total. The number of methoxy groups -OCH3 is 1. The number of amides is 3. The van der Waals surface area contributed by atoms with Gasteiger partial charge in [0.1, 0.15) is 16.7 Å². The number of thioether (sulfide) groups is 1. The van der Waals surface area contributed by atoms with Crippen molar-refractivity contribution in [3.05, 3.63) is 160 Å². The van der Waals surface area contributed by atoms with Crippen LogP contribution < -0.4 is 20.7 Å². The number of ether oxygens (including phenoxy) is 1. The van der Waals surface area contributed by atoms with Crippen LogP contribution in [0.4, 0.5) is 11.4 Å². The molecule has 0 radical (unpaired) electrons. The Hall–Kier alpha value is -5.31. The van der Waals surface area contributed by atoms with Gasteiger partial charge >= 0.3 is 0 Å². The zero-order valence-electron chi connectivity index (χ0n) is 25.7. The van der Waals surface area contributed by atoms with Gasteiger partial charge in [-0.1, -0.05) is 78.3 Å². The average Bonchev–Trinajstić information content (AvgIpc) is 3.10. The van der Waals surface area contributed by atoms with E-state index < -0.39 is 17.1 Å². The van der Waals surface area contributed by atoms with Crippen molar-refractivity contribution in [3.63, 3.8) is 0 Å². The topological polar surface area (TPSA) is 96.5 Å². The van der Waals surface area contributed by atoms with E-state index in [9.17, 15) is 14.4 Å². The van der Waals surface area contributed by atoms with Gasteiger partial charge in [-0.05, 0) is 90.4 Å². The first-order chi connectivity index (χ1) is 22.8. The van der Waals surface area contributed by atoms with Crippen molar-refractivity contribution in [1.82, 2.24) is 5.32 Å². The Kier molecular flexibility index (Phi) is 11.1. The third kappa shape index (κ3) is 8.91. The first-order valence-electron chi connectivity index (χ1n) is 14.7. The standard InChI is InChI=1S/C38H32ClN3O4S/c1-25-32(39)17-10-18-33(25)41-38(45)35(27-12-5-3-6-13-27)47-31-21-19-29(20-22-31)40-37(44)34(24-26-11-9-16-30(23-26)46-2)42-36(43)28-14-7-4-8-15-28/h3-24,35H,1-2H3,(H,40,44)(H,41,45)(H,42,43)/b34-24-. The summed E-state index contributed by atoms with van der Waals surface area (Å²) in [7, 11) is 1.56. The molecule has 0 spiro atoms. The summed E-state index contributed by atoms with van der Waals surface area (Å²) in [6, 6.07) is 37.9. The third-order valence-electron chi connectivity index (χ3n) is 7.17. The molecule has 0 saturated carbocycles. The fourth-order valence-corrected chi connectivity index (χ4v) is 5.83. The highest BCUT2D eigenvalue weighted by molar-refractivity contribution is 8.00. The number of hydrogen-bond acceptors (Lipinski definition) is 5. The van der Waals surface area contributed by atoms with E-state index in [4.69, 9.17) is 16.3 Å². The Balaban J connectivity index is 1.34. The average molecular weight is 662 g/mol. The molecule has 5 rings (SSSR count). The van der Waals surface area contributed by atoms with Crippen LogP contribution in [0.25, 0.3) is 6.08 Å². The Morgan fingerprint density at radius 2 is 1.47 bits per heavy atom. The highest BCUT2D eigenvalue weighted by Crippen LogP contribution is 2.37. The van der Waals surface area contributed by atoms with Crippen molar-refractivity contribution in [1.29, 1.82) is 0 Å². The van der Waals surface area contributed by atoms with Crippen molar-refractivity contribution in [3.8, 4) is 5.75 Å². The van der Waals surface area contributed by atoms with E-state index in [1.54, 1.807) is 79.9 Å². The molecule has 9 heteroatoms. The molecular weight excluding hydrogens is 630 g/mol. The summed E-state index contributed by atoms with van der Waals surface area (Å²) >= 11 is 7.67. The molecule has 0 heterocycles. The molecule has 0 fully saturated rings. The summed E-state index contributed by atoms with van der Waals surface area (Å²) in [5, 5.41) is 8.66. The van der Waals surface area contributed by atoms with E-state index in [0.29, 0.717) is 33.3 Å². The monoisotopic (exact) mass is 661 g/mol. The summed E-state index contributed by atoms with van der Waals surface area (Å²) in [6.07, 6.45) is 1.59. The highest BCUT2D eigenvalue weighted by Gasteiger charge is 2.23. The number of carbonyl (C=O) groups is 3. The summed E-state index contributed by atoms with van der Waals surface area (Å²) in [5.41, 5.74) is 3.95. The molecule has 5 aromatic carbocycles. The fourth-order valence-electron chi connectivity index (χ4n) is 4.63. The lowest BCUT2D eigenvalue weighted by Gasteiger charge is -2.18. The van der Waals surface area contributed by atoms with E-state index in [1.165, 1.54) is 11.8 Å². The van der Waals surface area contributed by atoms with Gasteiger partial charge in [0, 0.05) is 26.9 Å². The number of benzene rings is 5. The minimum absolute atomic E-state index is 0.0580. The van der Waals surface area contributed by atoms with Crippen LogP contribution in [-0.2, 0) is 9.59 Å². The number of nitrogens with one attached hydrogen (secondary N) is 3. The second kappa shape index (κ2) is 15.8. The van der Waals surface area contributed by atoms with Gasteiger partial charge in [0.2, 0.25) is 5.91 Å². The van der Waals surface area contributed by atoms with Gasteiger partial charge in [-0.15, -0.1) is 11.8 Å². The smallest absolute Gasteiger partial charge is 0.272 e. The molecule has 0 aliphatic carbocycles. The lowest BCUT2D eigenvalue weighted by Crippen LogP contribution is -2.30. The van der Waals surface area contributed by atoms with Crippen LogP contribution in [0.2, 0.25) is 5.02 Å². The van der Waals surface area contributed by atoms with Gasteiger partial charge in [0.15, 0.2) is 0 Å². The zero-order chi connectivity index (χ0) is 33.2. The van der Waals surface area contributed by atoms with Crippen molar-refractivity contribution in [2.24, 2.45) is 0 Å². The summed E-state index contributed by atoms with van der Waals surface area (Å²) in [5.74, 6) is -0.493. The van der Waals surface area contributed by atoms with Crippen LogP contribution in [-0.4, -0.2) is 24.8 Å². The van der Waals surface area contributed by atoms with Crippen LogP contribution in [0, 0.1) is 6.92 Å². The second-order valence-electron chi connectivity index (χ2n) is 10.4. The zero-order valence-corrected chi connectivity index (χ0v) is 27.3. The number of anilines is 2. The SMILES string of the molecule is COc1cccc(/C=C(\NC(=O)c2ccccc2)C(=O)Nc2ccc(SC(C(=O)Nc3cccc(Cl)c3C)c3ccccc3)cc2)c1. The van der Waals surface area contributed by atoms with Crippen molar-refractivity contribution in [2.45, 2.75) is 17.1 Å². The molecule has 0 bridgehead atoms. The molecule has 0 aliphatic rings. The van der Waals surface area contributed by atoms with Crippen molar-refractivity contribution < 1.29 is 19.1 Å². The molecule has 1 unspecified atom stereocenters. The third-order valence-corrected chi connectivity index (χ3v) is 8.84. The maximum Gasteiger partial charge on any atom is 0.272 e. The Labute approximate surface area is 283 Å². The fraction of sp³-hybridized carbons (Fsp3) is 0.0789. The van der Waals surface area contributed by atoms with E-state index >= 15 is 0 Å². The van der Waals surface area contributed by atoms with Crippen LogP contribution in [0.15, 0.2) is 138 Å². The molecule has 3 amide bonds. The van der Waals surface area contributed by atoms with Crippen LogP contribution in [0.3, 0.4) is 0 Å². The summed E-state index contributed by atoms with van der Waals surface area (Å²) < 4.78 is 5.31. The minimum atomic E-state index is -0.555. The van der Waals surface area contributed by atoms with Crippen LogP contribution in [0.1, 0.15) is 32.3 Å². The summed E-state index contributed by atoms with van der Waals surface area (Å²) in [6.45, 7) is 1.86. The lowest BCUT2D eigenvalue weighted by molar-refractivity contribution is -0.116. The van der Waals surface area contributed by atoms with E-state index in [2.05, 4.69) is 16.0 Å². The van der Waals surface area contributed by atoms with E-state index in [1.807, 2.05) is 67.6 Å². The highest BCUT2D eigenvalue weighted by atomic mass is 35.5. The first kappa shape index (κ1) is 33.1. The molecule has 0 saturated heterocycles. The molecule has 0 aromatic heterocycles. The Bertz CT molecular complexity index is 1900. The molecule has 1 atom stereocenters. The van der Waals surface area contributed by atoms with Gasteiger partial charge < -0.3 is 20.7 Å². The van der Waals surface area contributed by atoms with Crippen molar-refractivity contribution >= 4 is 58.5 Å². The lowest BCUT2D eigenvalue weighted by atomic mass is 10.1. The van der Waals surface area contributed by atoms with Gasteiger partial charge in [0.05, 0.1) is 7.11 Å². The number of carbonyl (C=O) groups excluding carboxylic acids is 3. The van der Waals surface area contributed by atoms with E-state index in [0.717, 1.165) is 16.0 Å².